The van der Waals surface area contributed by atoms with Crippen LogP contribution in [0.25, 0.3) is 0 Å². The minimum Gasteiger partial charge on any atom is -0.491 e. The summed E-state index contributed by atoms with van der Waals surface area (Å²) in [4.78, 5) is 0. The van der Waals surface area contributed by atoms with Gasteiger partial charge in [0.15, 0.2) is 11.6 Å². The van der Waals surface area contributed by atoms with Crippen LogP contribution in [0.2, 0.25) is 0 Å². The first-order chi connectivity index (χ1) is 5.25. The molecule has 2 N–H and O–H groups in total. The van der Waals surface area contributed by atoms with Gasteiger partial charge in [0.1, 0.15) is 0 Å². The summed E-state index contributed by atoms with van der Waals surface area (Å²) in [5, 5.41) is 0. The zero-order valence-corrected chi connectivity index (χ0v) is 6.30. The number of hydrogen-bond acceptors (Lipinski definition) is 2. The highest BCUT2D eigenvalue weighted by atomic mass is 19.1. The van der Waals surface area contributed by atoms with E-state index in [9.17, 15) is 4.39 Å². The largest absolute Gasteiger partial charge is 0.491 e. The number of nitrogens with two attached hydrogens (primary N) is 1. The molecule has 3 heteroatoms. The third-order valence-electron chi connectivity index (χ3n) is 1.29. The van der Waals surface area contributed by atoms with Crippen molar-refractivity contribution in [1.82, 2.24) is 0 Å². The topological polar surface area (TPSA) is 35.2 Å². The Morgan fingerprint density at radius 3 is 2.91 bits per heavy atom. The van der Waals surface area contributed by atoms with E-state index >= 15 is 0 Å². The molecule has 1 aromatic rings. The summed E-state index contributed by atoms with van der Waals surface area (Å²) in [6.45, 7) is 2.24. The van der Waals surface area contributed by atoms with Crippen LogP contribution in [0.4, 0.5) is 10.1 Å². The maximum atomic E-state index is 12.9. The van der Waals surface area contributed by atoms with Gasteiger partial charge in [-0.1, -0.05) is 6.07 Å². The zero-order valence-electron chi connectivity index (χ0n) is 6.30. The van der Waals surface area contributed by atoms with Crippen LogP contribution in [-0.4, -0.2) is 6.61 Å². The van der Waals surface area contributed by atoms with Crippen LogP contribution in [0.1, 0.15) is 6.92 Å². The van der Waals surface area contributed by atoms with Gasteiger partial charge < -0.3 is 10.5 Å². The molecule has 0 amide bonds. The van der Waals surface area contributed by atoms with E-state index < -0.39 is 5.82 Å². The molecule has 0 fully saturated rings. The van der Waals surface area contributed by atoms with E-state index in [1.54, 1.807) is 19.1 Å². The number of halogens is 1. The molecular formula is C8H10FNO. The second-order valence-electron chi connectivity index (χ2n) is 2.09. The lowest BCUT2D eigenvalue weighted by Crippen LogP contribution is -1.97. The summed E-state index contributed by atoms with van der Waals surface area (Å²) >= 11 is 0. The lowest BCUT2D eigenvalue weighted by atomic mass is 10.3. The fraction of sp³-hybridized carbons (Fsp3) is 0.250. The highest BCUT2D eigenvalue weighted by molar-refractivity contribution is 5.45. The van der Waals surface area contributed by atoms with Crippen molar-refractivity contribution in [2.45, 2.75) is 6.92 Å². The number of benzene rings is 1. The highest BCUT2D eigenvalue weighted by Gasteiger charge is 2.04. The van der Waals surface area contributed by atoms with Crippen molar-refractivity contribution in [3.05, 3.63) is 24.0 Å². The molecule has 0 unspecified atom stereocenters. The van der Waals surface area contributed by atoms with E-state index in [4.69, 9.17) is 10.5 Å². The predicted octanol–water partition coefficient (Wildman–Crippen LogP) is 1.81. The molecule has 1 rings (SSSR count). The Morgan fingerprint density at radius 2 is 2.27 bits per heavy atom. The fourth-order valence-corrected chi connectivity index (χ4v) is 0.795. The minimum absolute atomic E-state index is 0.121. The first-order valence-electron chi connectivity index (χ1n) is 3.42. The van der Waals surface area contributed by atoms with Crippen LogP contribution < -0.4 is 10.5 Å². The van der Waals surface area contributed by atoms with Crippen LogP contribution in [0.3, 0.4) is 0 Å². The van der Waals surface area contributed by atoms with Crippen molar-refractivity contribution in [2.24, 2.45) is 0 Å². The normalized spacial score (nSPS) is 9.64. The van der Waals surface area contributed by atoms with Crippen LogP contribution in [0, 0.1) is 5.82 Å². The van der Waals surface area contributed by atoms with Gasteiger partial charge >= 0.3 is 0 Å². The van der Waals surface area contributed by atoms with Crippen molar-refractivity contribution in [1.29, 1.82) is 0 Å². The second-order valence-corrected chi connectivity index (χ2v) is 2.09. The number of hydrogen-bond donors (Lipinski definition) is 1. The Labute approximate surface area is 64.8 Å². The monoisotopic (exact) mass is 155 g/mol. The summed E-state index contributed by atoms with van der Waals surface area (Å²) in [7, 11) is 0. The molecule has 0 aliphatic carbocycles. The quantitative estimate of drug-likeness (QED) is 0.661. The van der Waals surface area contributed by atoms with Crippen LogP contribution in [0.15, 0.2) is 18.2 Å². The molecule has 60 valence electrons. The molecule has 0 atom stereocenters. The van der Waals surface area contributed by atoms with Gasteiger partial charge in [-0.05, 0) is 19.1 Å². The summed E-state index contributed by atoms with van der Waals surface area (Å²) in [6, 6.07) is 4.70. The molecule has 0 saturated heterocycles. The van der Waals surface area contributed by atoms with Crippen molar-refractivity contribution in [2.75, 3.05) is 12.3 Å². The lowest BCUT2D eigenvalue weighted by Gasteiger charge is -2.04. The fourth-order valence-electron chi connectivity index (χ4n) is 0.795. The molecule has 0 bridgehead atoms. The second kappa shape index (κ2) is 3.23. The zero-order chi connectivity index (χ0) is 8.27. The summed E-state index contributed by atoms with van der Waals surface area (Å²) < 4.78 is 17.9. The average molecular weight is 155 g/mol. The van der Waals surface area contributed by atoms with E-state index in [1.807, 2.05) is 0 Å². The van der Waals surface area contributed by atoms with E-state index in [2.05, 4.69) is 0 Å². The molecule has 0 heterocycles. The molecule has 0 saturated carbocycles. The van der Waals surface area contributed by atoms with Gasteiger partial charge in [0, 0.05) is 0 Å². The molecule has 0 aromatic heterocycles. The van der Waals surface area contributed by atoms with Crippen molar-refractivity contribution in [3.63, 3.8) is 0 Å². The molecule has 2 nitrogen and oxygen atoms in total. The molecule has 1 aromatic carbocycles. The minimum atomic E-state index is -0.477. The maximum absolute atomic E-state index is 12.9. The maximum Gasteiger partial charge on any atom is 0.187 e. The Kier molecular flexibility index (Phi) is 2.31. The van der Waals surface area contributed by atoms with Gasteiger partial charge in [-0.15, -0.1) is 0 Å². The SMILES string of the molecule is CCOc1cccc(N)c1F. The Morgan fingerprint density at radius 1 is 1.55 bits per heavy atom. The van der Waals surface area contributed by atoms with E-state index in [0.29, 0.717) is 6.61 Å². The average Bonchev–Trinajstić information content (AvgIpc) is 1.99. The Balaban J connectivity index is 2.96. The molecular weight excluding hydrogens is 145 g/mol. The van der Waals surface area contributed by atoms with Crippen molar-refractivity contribution >= 4 is 5.69 Å². The first-order valence-corrected chi connectivity index (χ1v) is 3.42. The predicted molar refractivity (Wildman–Crippen MR) is 42.0 cm³/mol. The molecule has 0 spiro atoms. The number of ether oxygens (including phenoxy) is 1. The van der Waals surface area contributed by atoms with Crippen LogP contribution in [-0.2, 0) is 0 Å². The van der Waals surface area contributed by atoms with Gasteiger partial charge in [0.2, 0.25) is 0 Å². The van der Waals surface area contributed by atoms with Gasteiger partial charge in [-0.2, -0.15) is 0 Å². The lowest BCUT2D eigenvalue weighted by molar-refractivity contribution is 0.322. The number of rotatable bonds is 2. The number of anilines is 1. The Hall–Kier alpha value is -1.25. The smallest absolute Gasteiger partial charge is 0.187 e. The van der Waals surface area contributed by atoms with Crippen molar-refractivity contribution in [3.8, 4) is 5.75 Å². The van der Waals surface area contributed by atoms with Crippen molar-refractivity contribution < 1.29 is 9.13 Å². The molecule has 0 aliphatic heterocycles. The standard InChI is InChI=1S/C8H10FNO/c1-2-11-7-5-3-4-6(10)8(7)9/h3-5H,2,10H2,1H3. The van der Waals surface area contributed by atoms with E-state index in [0.717, 1.165) is 0 Å². The summed E-state index contributed by atoms with van der Waals surface area (Å²) in [5.41, 5.74) is 5.42. The van der Waals surface area contributed by atoms with E-state index in [1.165, 1.54) is 6.07 Å². The molecule has 0 aliphatic rings. The molecule has 11 heavy (non-hydrogen) atoms. The highest BCUT2D eigenvalue weighted by Crippen LogP contribution is 2.21. The van der Waals surface area contributed by atoms with Crippen LogP contribution >= 0.6 is 0 Å². The third kappa shape index (κ3) is 1.61. The molecule has 0 radical (unpaired) electrons. The Bertz CT molecular complexity index is 250. The van der Waals surface area contributed by atoms with Gasteiger partial charge in [0.25, 0.3) is 0 Å². The van der Waals surface area contributed by atoms with Crippen LogP contribution in [0.5, 0.6) is 5.75 Å². The number of nitrogen functional groups attached to an aromatic ring is 1. The first kappa shape index (κ1) is 7.85. The van der Waals surface area contributed by atoms with Gasteiger partial charge in [-0.25, -0.2) is 4.39 Å². The summed E-state index contributed by atoms with van der Waals surface area (Å²) in [6.07, 6.45) is 0. The van der Waals surface area contributed by atoms with Gasteiger partial charge in [-0.3, -0.25) is 0 Å². The van der Waals surface area contributed by atoms with E-state index in [-0.39, 0.29) is 11.4 Å². The summed E-state index contributed by atoms with van der Waals surface area (Å²) in [5.74, 6) is -0.262. The third-order valence-corrected chi connectivity index (χ3v) is 1.29. The van der Waals surface area contributed by atoms with Gasteiger partial charge in [0.05, 0.1) is 12.3 Å².